The minimum absolute atomic E-state index is 0.419. The molecule has 3 nitrogen and oxygen atoms in total. The van der Waals surface area contributed by atoms with E-state index >= 15 is 0 Å². The van der Waals surface area contributed by atoms with Crippen LogP contribution in [0, 0.1) is 5.92 Å². The average molecular weight is 225 g/mol. The van der Waals surface area contributed by atoms with Gasteiger partial charge in [-0.3, -0.25) is 0 Å². The average Bonchev–Trinajstić information content (AvgIpc) is 2.79. The first-order valence-corrected chi connectivity index (χ1v) is 6.51. The minimum atomic E-state index is 0.419. The van der Waals surface area contributed by atoms with E-state index in [1.54, 1.807) is 11.3 Å². The standard InChI is InChI=1S/C11H19N3S/c1-14(6-10-7-15-8-13-10)5-9-3-2-4-11(9)12/h7-9,11H,2-6,12H2,1H3. The van der Waals surface area contributed by atoms with Gasteiger partial charge in [-0.1, -0.05) is 6.42 Å². The van der Waals surface area contributed by atoms with Crippen LogP contribution in [0.2, 0.25) is 0 Å². The van der Waals surface area contributed by atoms with E-state index in [1.165, 1.54) is 25.0 Å². The molecule has 0 aliphatic heterocycles. The van der Waals surface area contributed by atoms with Gasteiger partial charge in [-0.2, -0.15) is 0 Å². The molecule has 84 valence electrons. The summed E-state index contributed by atoms with van der Waals surface area (Å²) in [4.78, 5) is 6.63. The Balaban J connectivity index is 1.79. The topological polar surface area (TPSA) is 42.2 Å². The van der Waals surface area contributed by atoms with E-state index < -0.39 is 0 Å². The molecule has 0 aromatic carbocycles. The molecule has 0 saturated heterocycles. The molecule has 1 aliphatic rings. The fourth-order valence-corrected chi connectivity index (χ4v) is 2.90. The van der Waals surface area contributed by atoms with Crippen molar-refractivity contribution in [2.24, 2.45) is 11.7 Å². The first-order chi connectivity index (χ1) is 7.25. The summed E-state index contributed by atoms with van der Waals surface area (Å²) in [6.45, 7) is 2.06. The molecule has 1 fully saturated rings. The van der Waals surface area contributed by atoms with E-state index in [0.717, 1.165) is 13.1 Å². The van der Waals surface area contributed by atoms with Crippen LogP contribution < -0.4 is 5.73 Å². The van der Waals surface area contributed by atoms with Gasteiger partial charge < -0.3 is 10.6 Å². The highest BCUT2D eigenvalue weighted by atomic mass is 32.1. The molecule has 0 radical (unpaired) electrons. The third-order valence-corrected chi connectivity index (χ3v) is 3.81. The maximum atomic E-state index is 6.06. The highest BCUT2D eigenvalue weighted by Gasteiger charge is 2.24. The molecule has 1 heterocycles. The third-order valence-electron chi connectivity index (χ3n) is 3.18. The summed E-state index contributed by atoms with van der Waals surface area (Å²) in [6.07, 6.45) is 3.80. The zero-order chi connectivity index (χ0) is 10.7. The smallest absolute Gasteiger partial charge is 0.0795 e. The molecule has 2 unspecified atom stereocenters. The maximum absolute atomic E-state index is 6.06. The van der Waals surface area contributed by atoms with Crippen LogP contribution in [0.5, 0.6) is 0 Å². The predicted molar refractivity (Wildman–Crippen MR) is 63.8 cm³/mol. The van der Waals surface area contributed by atoms with Gasteiger partial charge in [-0.25, -0.2) is 4.98 Å². The lowest BCUT2D eigenvalue weighted by Gasteiger charge is -2.22. The Kier molecular flexibility index (Phi) is 3.72. The Morgan fingerprint density at radius 1 is 1.60 bits per heavy atom. The number of hydrogen-bond donors (Lipinski definition) is 1. The molecule has 2 atom stereocenters. The molecular weight excluding hydrogens is 206 g/mol. The van der Waals surface area contributed by atoms with Gasteiger partial charge in [0.25, 0.3) is 0 Å². The Morgan fingerprint density at radius 3 is 3.07 bits per heavy atom. The molecule has 0 spiro atoms. The number of thiazole rings is 1. The van der Waals surface area contributed by atoms with Crippen LogP contribution in [0.25, 0.3) is 0 Å². The van der Waals surface area contributed by atoms with Crippen LogP contribution in [-0.2, 0) is 6.54 Å². The van der Waals surface area contributed by atoms with Crippen molar-refractivity contribution in [1.29, 1.82) is 0 Å². The summed E-state index contributed by atoms with van der Waals surface area (Å²) in [5.74, 6) is 0.689. The second-order valence-corrected chi connectivity index (χ2v) is 5.25. The normalized spacial score (nSPS) is 26.3. The highest BCUT2D eigenvalue weighted by molar-refractivity contribution is 7.07. The van der Waals surface area contributed by atoms with E-state index in [0.29, 0.717) is 12.0 Å². The van der Waals surface area contributed by atoms with Crippen molar-refractivity contribution >= 4 is 11.3 Å². The van der Waals surface area contributed by atoms with Gasteiger partial charge in [-0.15, -0.1) is 11.3 Å². The fraction of sp³-hybridized carbons (Fsp3) is 0.727. The lowest BCUT2D eigenvalue weighted by Crippen LogP contribution is -2.34. The molecule has 1 aromatic rings. The maximum Gasteiger partial charge on any atom is 0.0795 e. The van der Waals surface area contributed by atoms with Crippen molar-refractivity contribution in [2.75, 3.05) is 13.6 Å². The summed E-state index contributed by atoms with van der Waals surface area (Å²) >= 11 is 1.66. The summed E-state index contributed by atoms with van der Waals surface area (Å²) in [6, 6.07) is 0.419. The zero-order valence-corrected chi connectivity index (χ0v) is 10.0. The van der Waals surface area contributed by atoms with Crippen LogP contribution in [0.15, 0.2) is 10.9 Å². The first-order valence-electron chi connectivity index (χ1n) is 5.57. The second kappa shape index (κ2) is 5.05. The number of aromatic nitrogens is 1. The monoisotopic (exact) mass is 225 g/mol. The van der Waals surface area contributed by atoms with E-state index in [9.17, 15) is 0 Å². The molecule has 1 aliphatic carbocycles. The van der Waals surface area contributed by atoms with Gasteiger partial charge in [0.1, 0.15) is 0 Å². The van der Waals surface area contributed by atoms with Crippen LogP contribution >= 0.6 is 11.3 Å². The predicted octanol–water partition coefficient (Wildman–Crippen LogP) is 1.70. The summed E-state index contributed by atoms with van der Waals surface area (Å²) in [7, 11) is 2.16. The Bertz CT molecular complexity index is 286. The van der Waals surface area contributed by atoms with Crippen molar-refractivity contribution in [3.8, 4) is 0 Å². The van der Waals surface area contributed by atoms with Crippen LogP contribution in [0.4, 0.5) is 0 Å². The molecule has 0 amide bonds. The zero-order valence-electron chi connectivity index (χ0n) is 9.22. The number of nitrogens with two attached hydrogens (primary N) is 1. The summed E-state index contributed by atoms with van der Waals surface area (Å²) in [5.41, 5.74) is 9.13. The summed E-state index contributed by atoms with van der Waals surface area (Å²) in [5, 5.41) is 2.12. The van der Waals surface area contributed by atoms with Crippen molar-refractivity contribution in [3.05, 3.63) is 16.6 Å². The fourth-order valence-electron chi connectivity index (χ4n) is 2.35. The van der Waals surface area contributed by atoms with E-state index in [1.807, 2.05) is 5.51 Å². The van der Waals surface area contributed by atoms with Crippen LogP contribution in [-0.4, -0.2) is 29.5 Å². The Hall–Kier alpha value is -0.450. The van der Waals surface area contributed by atoms with Crippen molar-refractivity contribution < 1.29 is 0 Å². The SMILES string of the molecule is CN(Cc1cscn1)CC1CCCC1N. The van der Waals surface area contributed by atoms with Crippen LogP contribution in [0.1, 0.15) is 25.0 Å². The van der Waals surface area contributed by atoms with Gasteiger partial charge in [0.05, 0.1) is 11.2 Å². The van der Waals surface area contributed by atoms with Crippen molar-refractivity contribution in [2.45, 2.75) is 31.8 Å². The highest BCUT2D eigenvalue weighted by Crippen LogP contribution is 2.24. The van der Waals surface area contributed by atoms with Gasteiger partial charge in [0.15, 0.2) is 0 Å². The molecular formula is C11H19N3S. The Morgan fingerprint density at radius 2 is 2.47 bits per heavy atom. The third kappa shape index (κ3) is 3.00. The minimum Gasteiger partial charge on any atom is -0.327 e. The molecule has 4 heteroatoms. The van der Waals surface area contributed by atoms with Crippen molar-refractivity contribution in [1.82, 2.24) is 9.88 Å². The molecule has 2 N–H and O–H groups in total. The van der Waals surface area contributed by atoms with Gasteiger partial charge >= 0.3 is 0 Å². The Labute approximate surface area is 95.3 Å². The number of rotatable bonds is 4. The second-order valence-electron chi connectivity index (χ2n) is 4.53. The van der Waals surface area contributed by atoms with E-state index in [-0.39, 0.29) is 0 Å². The first kappa shape index (κ1) is 11.0. The largest absolute Gasteiger partial charge is 0.327 e. The lowest BCUT2D eigenvalue weighted by atomic mass is 10.0. The van der Waals surface area contributed by atoms with Gasteiger partial charge in [0.2, 0.25) is 0 Å². The number of nitrogens with zero attached hydrogens (tertiary/aromatic N) is 2. The van der Waals surface area contributed by atoms with Crippen LogP contribution in [0.3, 0.4) is 0 Å². The molecule has 0 bridgehead atoms. The quantitative estimate of drug-likeness (QED) is 0.848. The molecule has 2 rings (SSSR count). The van der Waals surface area contributed by atoms with Crippen molar-refractivity contribution in [3.63, 3.8) is 0 Å². The number of hydrogen-bond acceptors (Lipinski definition) is 4. The molecule has 15 heavy (non-hydrogen) atoms. The molecule has 1 aromatic heterocycles. The summed E-state index contributed by atoms with van der Waals surface area (Å²) < 4.78 is 0. The molecule has 1 saturated carbocycles. The van der Waals surface area contributed by atoms with E-state index in [4.69, 9.17) is 5.73 Å². The lowest BCUT2D eigenvalue weighted by molar-refractivity contribution is 0.257. The van der Waals surface area contributed by atoms with Gasteiger partial charge in [-0.05, 0) is 25.8 Å². The van der Waals surface area contributed by atoms with E-state index in [2.05, 4.69) is 22.3 Å². The van der Waals surface area contributed by atoms with Gasteiger partial charge in [0, 0.05) is 24.5 Å².